The zero-order valence-electron chi connectivity index (χ0n) is 16.8. The molecular formula is C20H23Cl2FN6O2. The third-order valence-electron chi connectivity index (χ3n) is 5.31. The molecule has 3 aromatic rings. The number of halogens is 3. The number of H-pyrrole nitrogens is 1. The second-order valence-electron chi connectivity index (χ2n) is 7.71. The maximum absolute atomic E-state index is 14.4. The Labute approximate surface area is 189 Å². The van der Waals surface area contributed by atoms with Gasteiger partial charge in [0.05, 0.1) is 16.8 Å². The predicted molar refractivity (Wildman–Crippen MR) is 119 cm³/mol. The van der Waals surface area contributed by atoms with E-state index >= 15 is 0 Å². The largest absolute Gasteiger partial charge is 0.388 e. The summed E-state index contributed by atoms with van der Waals surface area (Å²) in [5, 5.41) is 17.8. The molecule has 1 fully saturated rings. The fourth-order valence-electron chi connectivity index (χ4n) is 3.87. The molecule has 0 unspecified atom stereocenters. The third-order valence-corrected chi connectivity index (χ3v) is 5.52. The molecule has 1 aliphatic carbocycles. The van der Waals surface area contributed by atoms with Gasteiger partial charge in [-0.25, -0.2) is 19.3 Å². The Morgan fingerprint density at radius 3 is 3.00 bits per heavy atom. The lowest BCUT2D eigenvalue weighted by molar-refractivity contribution is -0.120. The highest BCUT2D eigenvalue weighted by molar-refractivity contribution is 6.31. The minimum Gasteiger partial charge on any atom is -0.388 e. The first kappa shape index (κ1) is 23.2. The zero-order chi connectivity index (χ0) is 21.3. The number of amides is 1. The molecule has 3 heterocycles. The number of carbonyl (C=O) groups excluding carboxylic acids is 1. The number of nitrogens with zero attached hydrogens (tertiary/aromatic N) is 3. The molecule has 4 N–H and O–H groups in total. The molecule has 1 saturated carbocycles. The first-order valence-electron chi connectivity index (χ1n) is 9.72. The number of nitrogens with one attached hydrogen (secondary N) is 3. The number of rotatable bonds is 5. The van der Waals surface area contributed by atoms with Crippen LogP contribution in [0, 0.1) is 5.82 Å². The van der Waals surface area contributed by atoms with Crippen LogP contribution in [0.1, 0.15) is 32.6 Å². The Morgan fingerprint density at radius 1 is 1.42 bits per heavy atom. The molecule has 2 atom stereocenters. The summed E-state index contributed by atoms with van der Waals surface area (Å²) >= 11 is 6.05. The first-order chi connectivity index (χ1) is 14.3. The molecule has 31 heavy (non-hydrogen) atoms. The highest BCUT2D eigenvalue weighted by atomic mass is 35.5. The van der Waals surface area contributed by atoms with Crippen molar-refractivity contribution in [3.05, 3.63) is 35.5 Å². The van der Waals surface area contributed by atoms with Crippen LogP contribution in [-0.2, 0) is 4.79 Å². The smallest absolute Gasteiger partial charge is 0.216 e. The second-order valence-corrected chi connectivity index (χ2v) is 8.15. The highest BCUT2D eigenvalue weighted by Gasteiger charge is 2.35. The van der Waals surface area contributed by atoms with Crippen molar-refractivity contribution in [3.8, 4) is 11.4 Å². The van der Waals surface area contributed by atoms with Crippen LogP contribution in [0.5, 0.6) is 0 Å². The number of pyridine rings is 1. The van der Waals surface area contributed by atoms with Crippen molar-refractivity contribution in [1.82, 2.24) is 25.3 Å². The topological polar surface area (TPSA) is 116 Å². The summed E-state index contributed by atoms with van der Waals surface area (Å²) in [4.78, 5) is 26.9. The molecule has 1 aliphatic rings. The van der Waals surface area contributed by atoms with Crippen molar-refractivity contribution < 1.29 is 14.3 Å². The van der Waals surface area contributed by atoms with E-state index in [0.717, 1.165) is 24.4 Å². The van der Waals surface area contributed by atoms with Crippen LogP contribution in [0.4, 0.5) is 10.2 Å². The minimum atomic E-state index is -1.03. The predicted octanol–water partition coefficient (Wildman–Crippen LogP) is 3.46. The fourth-order valence-corrected chi connectivity index (χ4v) is 4.03. The number of carbonyl (C=O) groups is 1. The van der Waals surface area contributed by atoms with Crippen LogP contribution < -0.4 is 10.6 Å². The van der Waals surface area contributed by atoms with E-state index in [-0.39, 0.29) is 36.7 Å². The van der Waals surface area contributed by atoms with Gasteiger partial charge in [-0.05, 0) is 31.7 Å². The van der Waals surface area contributed by atoms with E-state index in [1.165, 1.54) is 13.1 Å². The number of aliphatic hydroxyl groups is 1. The summed E-state index contributed by atoms with van der Waals surface area (Å²) in [7, 11) is 0. The molecule has 3 aromatic heterocycles. The standard InChI is InChI=1S/C20H22ClFN6O2.ClH/c1-11(29)26-10-20(30)4-2-3-13(6-20)27-19-16(22)9-25-18(28-19)15-8-24-17-14(15)5-12(21)7-23-17;/h5,7-9,13,30H,2-4,6,10H2,1H3,(H,23,24)(H,26,29)(H,25,27,28);1H/t13-,20+;/m0./s1. The first-order valence-corrected chi connectivity index (χ1v) is 10.1. The second kappa shape index (κ2) is 9.33. The molecule has 0 aromatic carbocycles. The van der Waals surface area contributed by atoms with Crippen LogP contribution in [-0.4, -0.2) is 49.1 Å². The van der Waals surface area contributed by atoms with Crippen LogP contribution in [0.25, 0.3) is 22.4 Å². The minimum absolute atomic E-state index is 0. The average molecular weight is 469 g/mol. The van der Waals surface area contributed by atoms with Gasteiger partial charge in [-0.2, -0.15) is 0 Å². The Bertz CT molecular complexity index is 1090. The lowest BCUT2D eigenvalue weighted by atomic mass is 9.81. The van der Waals surface area contributed by atoms with Gasteiger partial charge >= 0.3 is 0 Å². The summed E-state index contributed by atoms with van der Waals surface area (Å²) in [6.45, 7) is 1.58. The summed E-state index contributed by atoms with van der Waals surface area (Å²) < 4.78 is 14.4. The molecule has 8 nitrogen and oxygen atoms in total. The van der Waals surface area contributed by atoms with Gasteiger partial charge in [0.1, 0.15) is 5.65 Å². The molecule has 0 bridgehead atoms. The van der Waals surface area contributed by atoms with Gasteiger partial charge in [0, 0.05) is 42.9 Å². The van der Waals surface area contributed by atoms with Gasteiger partial charge in [0.25, 0.3) is 0 Å². The summed E-state index contributed by atoms with van der Waals surface area (Å²) in [5.74, 6) is -0.374. The van der Waals surface area contributed by atoms with Crippen LogP contribution >= 0.6 is 24.0 Å². The molecule has 0 aliphatic heterocycles. The van der Waals surface area contributed by atoms with Gasteiger partial charge in [0.2, 0.25) is 5.91 Å². The van der Waals surface area contributed by atoms with E-state index in [1.54, 1.807) is 12.3 Å². The summed E-state index contributed by atoms with van der Waals surface area (Å²) in [5.41, 5.74) is 0.258. The van der Waals surface area contributed by atoms with E-state index in [2.05, 4.69) is 30.6 Å². The number of fused-ring (bicyclic) bond motifs is 1. The summed E-state index contributed by atoms with van der Waals surface area (Å²) in [6.07, 6.45) is 6.82. The third kappa shape index (κ3) is 5.23. The molecule has 1 amide bonds. The van der Waals surface area contributed by atoms with Gasteiger partial charge < -0.3 is 20.7 Å². The highest BCUT2D eigenvalue weighted by Crippen LogP contribution is 2.31. The molecule has 0 spiro atoms. The van der Waals surface area contributed by atoms with Gasteiger partial charge in [-0.3, -0.25) is 4.79 Å². The SMILES string of the molecule is CC(=O)NC[C@@]1(O)CCC[C@H](Nc2nc(-c3c[nH]c4ncc(Cl)cc34)ncc2F)C1.Cl. The van der Waals surface area contributed by atoms with Gasteiger partial charge in [-0.15, -0.1) is 12.4 Å². The van der Waals surface area contributed by atoms with Crippen molar-refractivity contribution >= 4 is 46.8 Å². The van der Waals surface area contributed by atoms with Crippen molar-refractivity contribution in [2.24, 2.45) is 0 Å². The normalized spacial score (nSPS) is 20.8. The van der Waals surface area contributed by atoms with Crippen LogP contribution in [0.2, 0.25) is 5.02 Å². The van der Waals surface area contributed by atoms with Gasteiger partial charge in [0.15, 0.2) is 17.5 Å². The summed E-state index contributed by atoms with van der Waals surface area (Å²) in [6, 6.07) is 1.56. The van der Waals surface area contributed by atoms with E-state index in [1.807, 2.05) is 0 Å². The lowest BCUT2D eigenvalue weighted by Gasteiger charge is -2.37. The lowest BCUT2D eigenvalue weighted by Crippen LogP contribution is -2.48. The Balaban J connectivity index is 0.00000272. The molecule has 11 heteroatoms. The Morgan fingerprint density at radius 2 is 2.23 bits per heavy atom. The van der Waals surface area contributed by atoms with Crippen molar-refractivity contribution in [1.29, 1.82) is 0 Å². The number of hydrogen-bond donors (Lipinski definition) is 4. The molecule has 0 saturated heterocycles. The maximum Gasteiger partial charge on any atom is 0.216 e. The van der Waals surface area contributed by atoms with Crippen molar-refractivity contribution in [3.63, 3.8) is 0 Å². The van der Waals surface area contributed by atoms with E-state index in [9.17, 15) is 14.3 Å². The molecule has 4 rings (SSSR count). The number of hydrogen-bond acceptors (Lipinski definition) is 6. The quantitative estimate of drug-likeness (QED) is 0.455. The number of anilines is 1. The molecule has 0 radical (unpaired) electrons. The van der Waals surface area contributed by atoms with Crippen molar-refractivity contribution in [2.45, 2.75) is 44.2 Å². The number of aromatic amines is 1. The Hall–Kier alpha value is -2.49. The zero-order valence-corrected chi connectivity index (χ0v) is 18.4. The maximum atomic E-state index is 14.4. The van der Waals surface area contributed by atoms with E-state index < -0.39 is 11.4 Å². The van der Waals surface area contributed by atoms with Gasteiger partial charge in [-0.1, -0.05) is 11.6 Å². The van der Waals surface area contributed by atoms with E-state index in [4.69, 9.17) is 11.6 Å². The molecular weight excluding hydrogens is 446 g/mol. The number of aromatic nitrogens is 4. The average Bonchev–Trinajstić information content (AvgIpc) is 3.11. The molecule has 166 valence electrons. The van der Waals surface area contributed by atoms with Crippen molar-refractivity contribution in [2.75, 3.05) is 11.9 Å². The van der Waals surface area contributed by atoms with Crippen LogP contribution in [0.15, 0.2) is 24.7 Å². The van der Waals surface area contributed by atoms with Crippen LogP contribution in [0.3, 0.4) is 0 Å². The Kier molecular flexibility index (Phi) is 6.98. The van der Waals surface area contributed by atoms with E-state index in [0.29, 0.717) is 34.9 Å². The monoisotopic (exact) mass is 468 g/mol. The fraction of sp³-hybridized carbons (Fsp3) is 0.400.